The van der Waals surface area contributed by atoms with Gasteiger partial charge >= 0.3 is 141 Å². The fourth-order valence-corrected chi connectivity index (χ4v) is 8.69. The van der Waals surface area contributed by atoms with E-state index in [1.54, 1.807) is 24.3 Å². The maximum absolute atomic E-state index is 12.2. The van der Waals surface area contributed by atoms with Gasteiger partial charge in [-0.25, -0.2) is 0 Å². The van der Waals surface area contributed by atoms with Crippen LogP contribution in [0.15, 0.2) is 60.7 Å². The maximum atomic E-state index is 12.2. The molecule has 0 fully saturated rings. The number of Topliss-reactive ketones (excluding diaryl/α,β-unsaturated/α-hetero) is 2. The molecule has 2 rings (SSSR count). The minimum absolute atomic E-state index is 0.0604. The van der Waals surface area contributed by atoms with Gasteiger partial charge < -0.3 is 0 Å². The third-order valence-corrected chi connectivity index (χ3v) is 10.5. The van der Waals surface area contributed by atoms with E-state index in [9.17, 15) is 9.59 Å². The van der Waals surface area contributed by atoms with Crippen LogP contribution in [0.2, 0.25) is 10.6 Å². The standard InChI is InChI=1S/C16H14Br2O2Se/c17-21(18,11-15(19)13-7-3-1-4-8-13)12-16(20)14-9-5-2-6-10-14/h1-10H,11-12H2. The number of carbonyl (C=O) groups excluding carboxylic acids is 2. The van der Waals surface area contributed by atoms with E-state index < -0.39 is 9.23 Å². The minimum atomic E-state index is -2.46. The first-order valence-corrected chi connectivity index (χ1v) is 16.8. The summed E-state index contributed by atoms with van der Waals surface area (Å²) >= 11 is 7.22. The van der Waals surface area contributed by atoms with Gasteiger partial charge in [-0.1, -0.05) is 0 Å². The average Bonchev–Trinajstić information content (AvgIpc) is 2.48. The van der Waals surface area contributed by atoms with Crippen molar-refractivity contribution < 1.29 is 9.59 Å². The Kier molecular flexibility index (Phi) is 5.94. The van der Waals surface area contributed by atoms with E-state index in [-0.39, 0.29) is 11.6 Å². The van der Waals surface area contributed by atoms with E-state index in [1.165, 1.54) is 0 Å². The summed E-state index contributed by atoms with van der Waals surface area (Å²) in [5.41, 5.74) is 1.37. The van der Waals surface area contributed by atoms with E-state index >= 15 is 0 Å². The van der Waals surface area contributed by atoms with Crippen molar-refractivity contribution in [2.45, 2.75) is 10.6 Å². The first kappa shape index (κ1) is 16.6. The Labute approximate surface area is 140 Å². The second-order valence-corrected chi connectivity index (χ2v) is 26.1. The molecule has 0 spiro atoms. The van der Waals surface area contributed by atoms with E-state index in [4.69, 9.17) is 0 Å². The molecule has 2 aromatic rings. The third kappa shape index (κ3) is 5.19. The second kappa shape index (κ2) is 7.50. The topological polar surface area (TPSA) is 34.1 Å². The number of rotatable bonds is 6. The molecular weight excluding hydrogens is 463 g/mol. The molecule has 2 nitrogen and oxygen atoms in total. The number of ketones is 2. The van der Waals surface area contributed by atoms with Gasteiger partial charge in [-0.05, 0) is 0 Å². The van der Waals surface area contributed by atoms with Crippen molar-refractivity contribution in [1.82, 2.24) is 0 Å². The summed E-state index contributed by atoms with van der Waals surface area (Å²) in [7, 11) is -2.46. The van der Waals surface area contributed by atoms with Gasteiger partial charge in [-0.15, -0.1) is 0 Å². The van der Waals surface area contributed by atoms with Crippen LogP contribution in [-0.4, -0.2) is 20.8 Å². The zero-order chi connectivity index (χ0) is 15.3. The van der Waals surface area contributed by atoms with Gasteiger partial charge in [0, 0.05) is 0 Å². The molecule has 0 saturated carbocycles. The van der Waals surface area contributed by atoms with Crippen molar-refractivity contribution >= 4 is 49.0 Å². The fourth-order valence-electron chi connectivity index (χ4n) is 1.85. The van der Waals surface area contributed by atoms with Crippen molar-refractivity contribution in [3.05, 3.63) is 71.8 Å². The Morgan fingerprint density at radius 1 is 0.714 bits per heavy atom. The predicted octanol–water partition coefficient (Wildman–Crippen LogP) is 4.98. The van der Waals surface area contributed by atoms with Crippen LogP contribution in [0, 0.1) is 0 Å². The van der Waals surface area contributed by atoms with Gasteiger partial charge in [0.25, 0.3) is 0 Å². The van der Waals surface area contributed by atoms with Crippen LogP contribution in [-0.2, 0) is 0 Å². The van der Waals surface area contributed by atoms with E-state index in [0.29, 0.717) is 21.8 Å². The molecule has 0 saturated heterocycles. The molecular formula is C16H14Br2O2Se. The molecule has 2 aromatic carbocycles. The van der Waals surface area contributed by atoms with Gasteiger partial charge in [0.05, 0.1) is 0 Å². The molecule has 0 aliphatic rings. The van der Waals surface area contributed by atoms with Crippen molar-refractivity contribution in [2.24, 2.45) is 0 Å². The van der Waals surface area contributed by atoms with Crippen LogP contribution < -0.4 is 0 Å². The SMILES string of the molecule is O=C(C[Se](Br)(Br)CC(=O)c1ccccc1)c1ccccc1. The van der Waals surface area contributed by atoms with Crippen LogP contribution in [0.1, 0.15) is 20.7 Å². The molecule has 0 unspecified atom stereocenters. The van der Waals surface area contributed by atoms with Crippen LogP contribution in [0.3, 0.4) is 0 Å². The zero-order valence-corrected chi connectivity index (χ0v) is 16.1. The number of halogens is 2. The third-order valence-electron chi connectivity index (χ3n) is 2.88. The Morgan fingerprint density at radius 2 is 1.05 bits per heavy atom. The van der Waals surface area contributed by atoms with Gasteiger partial charge in [0.15, 0.2) is 0 Å². The first-order valence-electron chi connectivity index (χ1n) is 6.32. The van der Waals surface area contributed by atoms with Crippen LogP contribution in [0.5, 0.6) is 0 Å². The summed E-state index contributed by atoms with van der Waals surface area (Å²) < 4.78 is 0. The summed E-state index contributed by atoms with van der Waals surface area (Å²) in [6.07, 6.45) is 0. The molecule has 0 amide bonds. The monoisotopic (exact) mass is 476 g/mol. The summed E-state index contributed by atoms with van der Waals surface area (Å²) in [4.78, 5) is 24.5. The van der Waals surface area contributed by atoms with Gasteiger partial charge in [-0.3, -0.25) is 0 Å². The molecule has 0 aliphatic carbocycles. The van der Waals surface area contributed by atoms with Crippen LogP contribution in [0.4, 0.5) is 0 Å². The fraction of sp³-hybridized carbons (Fsp3) is 0.125. The number of benzene rings is 2. The Hall–Kier alpha value is -0.741. The Balaban J connectivity index is 2.02. The first-order chi connectivity index (χ1) is 9.98. The van der Waals surface area contributed by atoms with Crippen molar-refractivity contribution in [3.8, 4) is 0 Å². The summed E-state index contributed by atoms with van der Waals surface area (Å²) in [5, 5.41) is 0.720. The van der Waals surface area contributed by atoms with Crippen molar-refractivity contribution in [3.63, 3.8) is 0 Å². The predicted molar refractivity (Wildman–Crippen MR) is 94.8 cm³/mol. The van der Waals surface area contributed by atoms with E-state index in [1.807, 2.05) is 36.4 Å². The molecule has 0 radical (unpaired) electrons. The quantitative estimate of drug-likeness (QED) is 0.435. The summed E-state index contributed by atoms with van der Waals surface area (Å²) in [6, 6.07) is 18.3. The Morgan fingerprint density at radius 3 is 1.38 bits per heavy atom. The van der Waals surface area contributed by atoms with Crippen LogP contribution >= 0.6 is 28.2 Å². The molecule has 0 bridgehead atoms. The number of carbonyl (C=O) groups is 2. The second-order valence-electron chi connectivity index (χ2n) is 4.57. The van der Waals surface area contributed by atoms with Crippen LogP contribution in [0.25, 0.3) is 0 Å². The van der Waals surface area contributed by atoms with E-state index in [2.05, 4.69) is 28.2 Å². The zero-order valence-electron chi connectivity index (χ0n) is 11.2. The van der Waals surface area contributed by atoms with E-state index in [0.717, 1.165) is 0 Å². The van der Waals surface area contributed by atoms with Gasteiger partial charge in [-0.2, -0.15) is 0 Å². The molecule has 0 aromatic heterocycles. The summed E-state index contributed by atoms with van der Waals surface area (Å²) in [5.74, 6) is 0.121. The average molecular weight is 477 g/mol. The molecule has 0 heterocycles. The molecule has 5 heteroatoms. The molecule has 0 atom stereocenters. The Bertz CT molecular complexity index is 572. The summed E-state index contributed by atoms with van der Waals surface area (Å²) in [6.45, 7) is 0. The molecule has 0 N–H and O–H groups in total. The number of hydrogen-bond acceptors (Lipinski definition) is 2. The van der Waals surface area contributed by atoms with Crippen molar-refractivity contribution in [2.75, 3.05) is 0 Å². The molecule has 110 valence electrons. The van der Waals surface area contributed by atoms with Gasteiger partial charge in [0.1, 0.15) is 0 Å². The molecule has 0 aliphatic heterocycles. The normalized spacial score (nSPS) is 11.9. The van der Waals surface area contributed by atoms with Gasteiger partial charge in [0.2, 0.25) is 0 Å². The molecule has 21 heavy (non-hydrogen) atoms. The van der Waals surface area contributed by atoms with Crippen molar-refractivity contribution in [1.29, 1.82) is 0 Å². The number of hydrogen-bond donors (Lipinski definition) is 0.